The molecule has 4 rings (SSSR count). The molecule has 0 saturated heterocycles. The molecule has 0 saturated carbocycles. The Kier molecular flexibility index (Phi) is 4.49. The third kappa shape index (κ3) is 3.12. The number of nitrogens with two attached hydrogens (primary N) is 1. The molecule has 2 N–H and O–H groups in total. The zero-order valence-corrected chi connectivity index (χ0v) is 15.6. The summed E-state index contributed by atoms with van der Waals surface area (Å²) >= 11 is 0. The van der Waals surface area contributed by atoms with Gasteiger partial charge in [-0.25, -0.2) is 0 Å². The van der Waals surface area contributed by atoms with E-state index in [1.165, 1.54) is 11.1 Å². The zero-order valence-electron chi connectivity index (χ0n) is 15.6. The topological polar surface area (TPSA) is 94.9 Å². The molecule has 2 aromatic heterocycles. The number of amides is 1. The van der Waals surface area contributed by atoms with Crippen molar-refractivity contribution in [2.75, 3.05) is 18.0 Å². The van der Waals surface area contributed by atoms with Crippen LogP contribution >= 0.6 is 0 Å². The van der Waals surface area contributed by atoms with E-state index < -0.39 is 0 Å². The first kappa shape index (κ1) is 17.4. The minimum atomic E-state index is -0.123. The van der Waals surface area contributed by atoms with Crippen LogP contribution in [0.5, 0.6) is 0 Å². The molecule has 0 bridgehead atoms. The Morgan fingerprint density at radius 1 is 1.30 bits per heavy atom. The second-order valence-corrected chi connectivity index (χ2v) is 6.84. The van der Waals surface area contributed by atoms with Crippen molar-refractivity contribution in [1.29, 1.82) is 0 Å². The Morgan fingerprint density at radius 2 is 2.15 bits per heavy atom. The normalized spacial score (nSPS) is 13.7. The lowest BCUT2D eigenvalue weighted by atomic mass is 9.97. The van der Waals surface area contributed by atoms with Crippen molar-refractivity contribution in [3.63, 3.8) is 0 Å². The summed E-state index contributed by atoms with van der Waals surface area (Å²) in [5.41, 5.74) is 10.1. The highest BCUT2D eigenvalue weighted by atomic mass is 16.2. The van der Waals surface area contributed by atoms with Gasteiger partial charge in [-0.05, 0) is 49.9 Å². The molecule has 0 radical (unpaired) electrons. The first-order chi connectivity index (χ1) is 13.1. The predicted octanol–water partition coefficient (Wildman–Crippen LogP) is 1.40. The van der Waals surface area contributed by atoms with Crippen molar-refractivity contribution in [2.24, 2.45) is 12.8 Å². The molecule has 1 aliphatic heterocycles. The molecule has 8 nitrogen and oxygen atoms in total. The minimum Gasteiger partial charge on any atom is -0.330 e. The molecule has 3 heterocycles. The number of aromatic nitrogens is 5. The molecule has 3 aromatic rings. The highest BCUT2D eigenvalue weighted by molar-refractivity contribution is 6.06. The first-order valence-electron chi connectivity index (χ1n) is 9.14. The fourth-order valence-electron chi connectivity index (χ4n) is 3.57. The Labute approximate surface area is 157 Å². The average molecular weight is 365 g/mol. The molecule has 1 aliphatic rings. The number of benzene rings is 1. The number of hydrogen-bond acceptors (Lipinski definition) is 5. The fourth-order valence-corrected chi connectivity index (χ4v) is 3.57. The van der Waals surface area contributed by atoms with Gasteiger partial charge in [0.2, 0.25) is 0 Å². The maximum atomic E-state index is 13.2. The molecule has 0 atom stereocenters. The highest BCUT2D eigenvalue weighted by Crippen LogP contribution is 2.29. The minimum absolute atomic E-state index is 0.123. The van der Waals surface area contributed by atoms with Crippen LogP contribution in [0.4, 0.5) is 5.69 Å². The van der Waals surface area contributed by atoms with E-state index in [4.69, 9.17) is 5.73 Å². The number of nitrogens with zero attached hydrogens (tertiary/aromatic N) is 6. The molecular formula is C19H23N7O. The quantitative estimate of drug-likeness (QED) is 0.754. The van der Waals surface area contributed by atoms with Crippen LogP contribution in [0.25, 0.3) is 5.82 Å². The SMILES string of the molecule is Cc1c(C(=O)N2CCCc3cc(CCN)ccc32)nnn1-c1ccn(C)n1. The van der Waals surface area contributed by atoms with Gasteiger partial charge in [0.15, 0.2) is 11.5 Å². The maximum Gasteiger partial charge on any atom is 0.280 e. The van der Waals surface area contributed by atoms with E-state index in [0.717, 1.165) is 24.9 Å². The van der Waals surface area contributed by atoms with Gasteiger partial charge in [0.1, 0.15) is 0 Å². The molecule has 1 aromatic carbocycles. The standard InChI is InChI=1S/C19H23N7O/c1-13-18(21-23-26(13)17-8-11-24(2)22-17)19(27)25-10-3-4-15-12-14(7-9-20)5-6-16(15)25/h5-6,8,11-12H,3-4,7,9-10,20H2,1-2H3. The van der Waals surface area contributed by atoms with Gasteiger partial charge < -0.3 is 10.6 Å². The summed E-state index contributed by atoms with van der Waals surface area (Å²) in [6.07, 6.45) is 4.58. The van der Waals surface area contributed by atoms with Gasteiger partial charge in [0.25, 0.3) is 5.91 Å². The maximum absolute atomic E-state index is 13.2. The molecule has 0 unspecified atom stereocenters. The monoisotopic (exact) mass is 365 g/mol. The molecular weight excluding hydrogens is 342 g/mol. The van der Waals surface area contributed by atoms with Crippen molar-refractivity contribution in [1.82, 2.24) is 24.8 Å². The molecule has 0 aliphatic carbocycles. The van der Waals surface area contributed by atoms with Gasteiger partial charge in [-0.3, -0.25) is 9.48 Å². The van der Waals surface area contributed by atoms with Crippen LogP contribution in [0.1, 0.15) is 33.7 Å². The highest BCUT2D eigenvalue weighted by Gasteiger charge is 2.28. The van der Waals surface area contributed by atoms with Gasteiger partial charge in [-0.15, -0.1) is 5.10 Å². The van der Waals surface area contributed by atoms with Crippen molar-refractivity contribution in [2.45, 2.75) is 26.2 Å². The van der Waals surface area contributed by atoms with Crippen LogP contribution in [0, 0.1) is 6.92 Å². The van der Waals surface area contributed by atoms with Crippen molar-refractivity contribution >= 4 is 11.6 Å². The first-order valence-corrected chi connectivity index (χ1v) is 9.14. The fraction of sp³-hybridized carbons (Fsp3) is 0.368. The summed E-state index contributed by atoms with van der Waals surface area (Å²) in [5, 5.41) is 12.6. The van der Waals surface area contributed by atoms with Crippen LogP contribution in [0.15, 0.2) is 30.5 Å². The lowest BCUT2D eigenvalue weighted by Gasteiger charge is -2.29. The molecule has 8 heteroatoms. The largest absolute Gasteiger partial charge is 0.330 e. The van der Waals surface area contributed by atoms with Crippen LogP contribution in [-0.2, 0) is 19.9 Å². The molecule has 140 valence electrons. The summed E-state index contributed by atoms with van der Waals surface area (Å²) in [5.74, 6) is 0.522. The molecule has 0 fully saturated rings. The van der Waals surface area contributed by atoms with Crippen LogP contribution in [-0.4, -0.2) is 43.8 Å². The summed E-state index contributed by atoms with van der Waals surface area (Å²) < 4.78 is 3.29. The smallest absolute Gasteiger partial charge is 0.280 e. The van der Waals surface area contributed by atoms with Gasteiger partial charge in [0.05, 0.1) is 5.69 Å². The molecule has 0 spiro atoms. The lowest BCUT2D eigenvalue weighted by Crippen LogP contribution is -2.36. The van der Waals surface area contributed by atoms with Gasteiger partial charge in [-0.2, -0.15) is 9.78 Å². The summed E-state index contributed by atoms with van der Waals surface area (Å²) in [4.78, 5) is 15.0. The number of carbonyl (C=O) groups excluding carboxylic acids is 1. The summed E-state index contributed by atoms with van der Waals surface area (Å²) in [6.45, 7) is 3.15. The Hall–Kier alpha value is -3.00. The van der Waals surface area contributed by atoms with Gasteiger partial charge in [-0.1, -0.05) is 17.3 Å². The predicted molar refractivity (Wildman–Crippen MR) is 102 cm³/mol. The second-order valence-electron chi connectivity index (χ2n) is 6.84. The van der Waals surface area contributed by atoms with Gasteiger partial charge in [0, 0.05) is 31.5 Å². The van der Waals surface area contributed by atoms with E-state index >= 15 is 0 Å². The number of hydrogen-bond donors (Lipinski definition) is 1. The van der Waals surface area contributed by atoms with E-state index in [1.807, 2.05) is 37.2 Å². The van der Waals surface area contributed by atoms with Crippen LogP contribution < -0.4 is 10.6 Å². The van der Waals surface area contributed by atoms with Crippen LogP contribution in [0.2, 0.25) is 0 Å². The van der Waals surface area contributed by atoms with Crippen molar-refractivity contribution in [3.05, 3.63) is 53.0 Å². The van der Waals surface area contributed by atoms with E-state index in [1.54, 1.807) is 9.36 Å². The number of carbonyl (C=O) groups is 1. The van der Waals surface area contributed by atoms with E-state index in [9.17, 15) is 4.79 Å². The Morgan fingerprint density at radius 3 is 2.89 bits per heavy atom. The lowest BCUT2D eigenvalue weighted by molar-refractivity contribution is 0.0979. The van der Waals surface area contributed by atoms with Crippen LogP contribution in [0.3, 0.4) is 0 Å². The third-order valence-corrected chi connectivity index (χ3v) is 4.95. The third-order valence-electron chi connectivity index (χ3n) is 4.95. The van der Waals surface area contributed by atoms with Crippen molar-refractivity contribution in [3.8, 4) is 5.82 Å². The van der Waals surface area contributed by atoms with E-state index in [2.05, 4.69) is 27.5 Å². The second kappa shape index (κ2) is 6.96. The summed E-state index contributed by atoms with van der Waals surface area (Å²) in [6, 6.07) is 8.08. The Balaban J connectivity index is 1.66. The molecule has 1 amide bonds. The molecule has 27 heavy (non-hydrogen) atoms. The Bertz CT molecular complexity index is 988. The summed E-state index contributed by atoms with van der Waals surface area (Å²) in [7, 11) is 1.84. The number of fused-ring (bicyclic) bond motifs is 1. The van der Waals surface area contributed by atoms with E-state index in [-0.39, 0.29) is 5.91 Å². The number of rotatable bonds is 4. The average Bonchev–Trinajstić information content (AvgIpc) is 3.26. The number of anilines is 1. The van der Waals surface area contributed by atoms with Crippen molar-refractivity contribution < 1.29 is 4.79 Å². The van der Waals surface area contributed by atoms with E-state index in [0.29, 0.717) is 30.3 Å². The van der Waals surface area contributed by atoms with Gasteiger partial charge >= 0.3 is 0 Å². The number of aryl methyl sites for hydroxylation is 2. The zero-order chi connectivity index (χ0) is 19.0.